The fourth-order valence-electron chi connectivity index (χ4n) is 4.65. The molecule has 2 N–H and O–H groups in total. The quantitative estimate of drug-likeness (QED) is 0.558. The van der Waals surface area contributed by atoms with Gasteiger partial charge >= 0.3 is 24.3 Å². The molecule has 0 aromatic carbocycles. The summed E-state index contributed by atoms with van der Waals surface area (Å²) in [7, 11) is 2.24. The highest BCUT2D eigenvalue weighted by atomic mass is 19.4. The van der Waals surface area contributed by atoms with Crippen molar-refractivity contribution in [1.82, 2.24) is 14.8 Å². The Balaban J connectivity index is 0.000000286. The standard InChI is InChI=1S/C19H27N3O.2C2HF3O2/c1-21(11-14-4-3-9-20-10-14)18-6-2-5-16-12-22(13-17(16)18)19(23)15-7-8-15;2*3-2(4,5)1(6)7/h3-4,9-10,15-18H,2,5-8,11-13H2,1H3;2*(H,6,7)/t16-,17+,18?;;/m1../s1. The zero-order chi connectivity index (χ0) is 28.0. The number of carbonyl (C=O) groups excluding carboxylic acids is 1. The van der Waals surface area contributed by atoms with E-state index in [1.807, 2.05) is 18.5 Å². The molecule has 1 aromatic heterocycles. The molecule has 3 atom stereocenters. The van der Waals surface area contributed by atoms with Gasteiger partial charge in [0.25, 0.3) is 0 Å². The van der Waals surface area contributed by atoms with Crippen molar-refractivity contribution in [2.45, 2.75) is 57.0 Å². The molecule has 1 aromatic rings. The van der Waals surface area contributed by atoms with Gasteiger partial charge in [-0.2, -0.15) is 26.3 Å². The van der Waals surface area contributed by atoms with Crippen molar-refractivity contribution in [3.63, 3.8) is 0 Å². The van der Waals surface area contributed by atoms with Gasteiger partial charge in [0.1, 0.15) is 0 Å². The van der Waals surface area contributed by atoms with Gasteiger partial charge in [-0.15, -0.1) is 0 Å². The van der Waals surface area contributed by atoms with Crippen LogP contribution in [-0.4, -0.2) is 81.4 Å². The van der Waals surface area contributed by atoms with Crippen molar-refractivity contribution in [1.29, 1.82) is 0 Å². The molecule has 37 heavy (non-hydrogen) atoms. The van der Waals surface area contributed by atoms with Gasteiger partial charge in [0.05, 0.1) is 0 Å². The van der Waals surface area contributed by atoms with E-state index in [9.17, 15) is 31.1 Å². The molecule has 2 aliphatic carbocycles. The van der Waals surface area contributed by atoms with Gasteiger partial charge in [0.2, 0.25) is 5.91 Å². The second kappa shape index (κ2) is 12.6. The lowest BCUT2D eigenvalue weighted by Crippen LogP contribution is -2.43. The fourth-order valence-corrected chi connectivity index (χ4v) is 4.65. The lowest BCUT2D eigenvalue weighted by atomic mass is 9.77. The number of carboxylic acid groups (broad SMARTS) is 2. The zero-order valence-electron chi connectivity index (χ0n) is 20.0. The first-order chi connectivity index (χ1) is 17.1. The van der Waals surface area contributed by atoms with E-state index in [0.717, 1.165) is 32.5 Å². The number of fused-ring (bicyclic) bond motifs is 1. The van der Waals surface area contributed by atoms with Crippen molar-refractivity contribution < 1.29 is 50.9 Å². The van der Waals surface area contributed by atoms with Crippen LogP contribution in [0.4, 0.5) is 26.3 Å². The molecule has 8 nitrogen and oxygen atoms in total. The Hall–Kier alpha value is -2.90. The summed E-state index contributed by atoms with van der Waals surface area (Å²) in [5.41, 5.74) is 1.28. The third-order valence-electron chi connectivity index (χ3n) is 6.50. The lowest BCUT2D eigenvalue weighted by Gasteiger charge is -2.39. The number of carboxylic acids is 2. The van der Waals surface area contributed by atoms with Crippen LogP contribution < -0.4 is 0 Å². The van der Waals surface area contributed by atoms with Crippen molar-refractivity contribution in [2.24, 2.45) is 17.8 Å². The summed E-state index contributed by atoms with van der Waals surface area (Å²) in [5, 5.41) is 14.2. The zero-order valence-corrected chi connectivity index (χ0v) is 20.0. The highest BCUT2D eigenvalue weighted by Crippen LogP contribution is 2.41. The minimum absolute atomic E-state index is 0.363. The van der Waals surface area contributed by atoms with Crippen molar-refractivity contribution in [2.75, 3.05) is 20.1 Å². The third kappa shape index (κ3) is 9.48. The third-order valence-corrected chi connectivity index (χ3v) is 6.50. The highest BCUT2D eigenvalue weighted by Gasteiger charge is 2.45. The summed E-state index contributed by atoms with van der Waals surface area (Å²) in [6.07, 6.45) is -0.259. The summed E-state index contributed by atoms with van der Waals surface area (Å²) in [6.45, 7) is 2.96. The molecule has 3 aliphatic rings. The van der Waals surface area contributed by atoms with E-state index in [1.54, 1.807) is 0 Å². The van der Waals surface area contributed by atoms with Crippen LogP contribution in [0.3, 0.4) is 0 Å². The predicted octanol–water partition coefficient (Wildman–Crippen LogP) is 3.82. The van der Waals surface area contributed by atoms with Gasteiger partial charge < -0.3 is 15.1 Å². The van der Waals surface area contributed by atoms with E-state index in [-0.39, 0.29) is 0 Å². The minimum atomic E-state index is -5.08. The number of nitrogens with zero attached hydrogens (tertiary/aromatic N) is 3. The van der Waals surface area contributed by atoms with Crippen LogP contribution in [0.1, 0.15) is 37.7 Å². The number of aliphatic carboxylic acids is 2. The van der Waals surface area contributed by atoms with Crippen LogP contribution in [0, 0.1) is 17.8 Å². The molecular weight excluding hydrogens is 512 g/mol. The maximum Gasteiger partial charge on any atom is 0.490 e. The molecular formula is C23H29F6N3O5. The molecule has 3 fully saturated rings. The molecule has 1 unspecified atom stereocenters. The number of halogens is 6. The number of alkyl halides is 6. The van der Waals surface area contributed by atoms with Gasteiger partial charge in [0, 0.05) is 44.0 Å². The predicted molar refractivity (Wildman–Crippen MR) is 117 cm³/mol. The summed E-state index contributed by atoms with van der Waals surface area (Å²) in [6, 6.07) is 4.77. The van der Waals surface area contributed by atoms with Crippen molar-refractivity contribution >= 4 is 17.8 Å². The first-order valence-electron chi connectivity index (χ1n) is 11.6. The van der Waals surface area contributed by atoms with Crippen LogP contribution in [0.2, 0.25) is 0 Å². The number of aromatic nitrogens is 1. The number of carbonyl (C=O) groups is 3. The van der Waals surface area contributed by atoms with Gasteiger partial charge in [-0.05, 0) is 56.2 Å². The lowest BCUT2D eigenvalue weighted by molar-refractivity contribution is -0.193. The number of amides is 1. The second-order valence-corrected chi connectivity index (χ2v) is 9.32. The van der Waals surface area contributed by atoms with Gasteiger partial charge in [0.15, 0.2) is 0 Å². The number of rotatable bonds is 4. The smallest absolute Gasteiger partial charge is 0.475 e. The molecule has 14 heteroatoms. The van der Waals surface area contributed by atoms with Crippen LogP contribution in [0.5, 0.6) is 0 Å². The van der Waals surface area contributed by atoms with Gasteiger partial charge in [-0.25, -0.2) is 9.59 Å². The van der Waals surface area contributed by atoms with E-state index in [0.29, 0.717) is 29.7 Å². The second-order valence-electron chi connectivity index (χ2n) is 9.32. The molecule has 0 bridgehead atoms. The van der Waals surface area contributed by atoms with Crippen LogP contribution in [0.25, 0.3) is 0 Å². The summed E-state index contributed by atoms with van der Waals surface area (Å²) in [5.74, 6) is -3.34. The van der Waals surface area contributed by atoms with Crippen LogP contribution in [0.15, 0.2) is 24.5 Å². The molecule has 1 amide bonds. The molecule has 2 saturated carbocycles. The largest absolute Gasteiger partial charge is 0.490 e. The Morgan fingerprint density at radius 2 is 1.57 bits per heavy atom. The first-order valence-corrected chi connectivity index (χ1v) is 11.6. The average Bonchev–Trinajstić information content (AvgIpc) is 3.56. The molecule has 1 saturated heterocycles. The maximum atomic E-state index is 12.4. The number of pyridine rings is 1. The summed E-state index contributed by atoms with van der Waals surface area (Å²) in [4.78, 5) is 39.1. The van der Waals surface area contributed by atoms with E-state index in [4.69, 9.17) is 19.8 Å². The van der Waals surface area contributed by atoms with Crippen LogP contribution >= 0.6 is 0 Å². The fraction of sp³-hybridized carbons (Fsp3) is 0.652. The monoisotopic (exact) mass is 541 g/mol. The Morgan fingerprint density at radius 1 is 1.00 bits per heavy atom. The van der Waals surface area contributed by atoms with Crippen LogP contribution in [-0.2, 0) is 20.9 Å². The molecule has 0 spiro atoms. The first kappa shape index (κ1) is 30.3. The van der Waals surface area contributed by atoms with Gasteiger partial charge in [-0.3, -0.25) is 14.7 Å². The van der Waals surface area contributed by atoms with E-state index >= 15 is 0 Å². The van der Waals surface area contributed by atoms with Crippen molar-refractivity contribution in [3.8, 4) is 0 Å². The SMILES string of the molecule is CN(Cc1cccnc1)C1CCC[C@@H]2CN(C(=O)C3CC3)C[C@H]12.O=C(O)C(F)(F)F.O=C(O)C(F)(F)F. The minimum Gasteiger partial charge on any atom is -0.475 e. The average molecular weight is 541 g/mol. The number of hydrogen-bond acceptors (Lipinski definition) is 5. The van der Waals surface area contributed by atoms with Crippen molar-refractivity contribution in [3.05, 3.63) is 30.1 Å². The summed E-state index contributed by atoms with van der Waals surface area (Å²) >= 11 is 0. The number of hydrogen-bond donors (Lipinski definition) is 2. The highest BCUT2D eigenvalue weighted by molar-refractivity contribution is 5.81. The Labute approximate surface area is 209 Å². The molecule has 0 radical (unpaired) electrons. The Bertz CT molecular complexity index is 900. The Kier molecular flexibility index (Phi) is 10.3. The maximum absolute atomic E-state index is 12.4. The number of likely N-dealkylation sites (tertiary alicyclic amines) is 1. The van der Waals surface area contributed by atoms with E-state index in [1.165, 1.54) is 24.8 Å². The molecule has 1 aliphatic heterocycles. The topological polar surface area (TPSA) is 111 Å². The summed E-state index contributed by atoms with van der Waals surface area (Å²) < 4.78 is 63.5. The van der Waals surface area contributed by atoms with Gasteiger partial charge in [-0.1, -0.05) is 12.5 Å². The molecule has 208 valence electrons. The van der Waals surface area contributed by atoms with E-state index in [2.05, 4.69) is 27.9 Å². The van der Waals surface area contributed by atoms with E-state index < -0.39 is 24.3 Å². The molecule has 2 heterocycles. The Morgan fingerprint density at radius 3 is 2.03 bits per heavy atom. The molecule has 4 rings (SSSR count). The normalized spacial score (nSPS) is 23.2.